The zero-order chi connectivity index (χ0) is 6.57. The Labute approximate surface area is 68.4 Å². The Kier molecular flexibility index (Phi) is 7.57. The van der Waals surface area contributed by atoms with Gasteiger partial charge in [0.2, 0.25) is 5.96 Å². The Morgan fingerprint density at radius 3 is 2.11 bits per heavy atom. The Morgan fingerprint density at radius 2 is 2.00 bits per heavy atom. The minimum Gasteiger partial charge on any atom is -0.378 e. The zero-order valence-corrected chi connectivity index (χ0v) is 7.45. The second-order valence-electron chi connectivity index (χ2n) is 1.04. The van der Waals surface area contributed by atoms with Crippen LogP contribution in [0.1, 0.15) is 0 Å². The molecule has 5 N–H and O–H groups in total. The molecule has 0 aromatic carbocycles. The number of thioether (sulfide) groups is 1. The smallest absolute Gasteiger partial charge is 0.214 e. The fraction of sp³-hybridized carbons (Fsp3) is 0.333. The normalized spacial score (nSPS) is 10.1. The van der Waals surface area contributed by atoms with E-state index in [2.05, 4.69) is 4.99 Å². The lowest BCUT2D eigenvalue weighted by molar-refractivity contribution is 1.38. The molecule has 4 nitrogen and oxygen atoms in total. The highest BCUT2D eigenvalue weighted by molar-refractivity contribution is 8.93. The number of hydrogen-bond acceptors (Lipinski definition) is 2. The molecule has 6 heteroatoms. The summed E-state index contributed by atoms with van der Waals surface area (Å²) < 4.78 is 0. The summed E-state index contributed by atoms with van der Waals surface area (Å²) >= 11 is 1.26. The first-order valence-electron chi connectivity index (χ1n) is 1.89. The molecule has 0 amide bonds. The lowest BCUT2D eigenvalue weighted by atomic mass is 11.0. The first-order valence-corrected chi connectivity index (χ1v) is 3.11. The van der Waals surface area contributed by atoms with Crippen LogP contribution in [0.4, 0.5) is 0 Å². The molecule has 9 heavy (non-hydrogen) atoms. The van der Waals surface area contributed by atoms with Crippen LogP contribution >= 0.6 is 28.7 Å². The second-order valence-corrected chi connectivity index (χ2v) is 1.87. The van der Waals surface area contributed by atoms with Crippen LogP contribution in [0.2, 0.25) is 0 Å². The van der Waals surface area contributed by atoms with E-state index in [4.69, 9.17) is 16.9 Å². The molecule has 0 saturated carbocycles. The maximum absolute atomic E-state index is 6.62. The highest BCUT2D eigenvalue weighted by atomic mass is 79.9. The van der Waals surface area contributed by atoms with Crippen LogP contribution in [-0.2, 0) is 0 Å². The van der Waals surface area contributed by atoms with Crippen LogP contribution in [0.3, 0.4) is 0 Å². The van der Waals surface area contributed by atoms with E-state index in [9.17, 15) is 0 Å². The molecule has 0 aromatic heterocycles. The van der Waals surface area contributed by atoms with E-state index >= 15 is 0 Å². The number of aliphatic imine (C=N–C) groups is 1. The quantitative estimate of drug-likeness (QED) is 0.395. The number of nitrogens with zero attached hydrogens (tertiary/aromatic N) is 1. The van der Waals surface area contributed by atoms with Gasteiger partial charge in [-0.3, -0.25) is 5.41 Å². The van der Waals surface area contributed by atoms with Crippen LogP contribution in [0.15, 0.2) is 4.99 Å². The van der Waals surface area contributed by atoms with E-state index in [1.807, 2.05) is 0 Å². The van der Waals surface area contributed by atoms with Crippen LogP contribution < -0.4 is 11.5 Å². The third-order valence-corrected chi connectivity index (χ3v) is 0.949. The standard InChI is InChI=1S/C3H8N4S.BrH/c1-8-3(6)7-2(4)5;/h1H3,(H5,4,5,6,7);1H. The van der Waals surface area contributed by atoms with Crippen molar-refractivity contribution in [1.29, 1.82) is 5.41 Å². The molecule has 0 radical (unpaired) electrons. The summed E-state index contributed by atoms with van der Waals surface area (Å²) in [4.78, 5) is 3.41. The summed E-state index contributed by atoms with van der Waals surface area (Å²) in [5.74, 6) is -0.253. The molecule has 0 fully saturated rings. The van der Waals surface area contributed by atoms with Crippen molar-refractivity contribution in [1.82, 2.24) is 0 Å². The number of hydrogen-bond donors (Lipinski definition) is 3. The number of rotatable bonds is 0. The van der Waals surface area contributed by atoms with E-state index in [1.54, 1.807) is 6.26 Å². The van der Waals surface area contributed by atoms with Crippen molar-refractivity contribution in [2.75, 3.05) is 6.26 Å². The monoisotopic (exact) mass is 212 g/mol. The lowest BCUT2D eigenvalue weighted by Crippen LogP contribution is -2.13. The van der Waals surface area contributed by atoms with Gasteiger partial charge in [-0.2, -0.15) is 4.99 Å². The van der Waals surface area contributed by atoms with Gasteiger partial charge < -0.3 is 11.5 Å². The van der Waals surface area contributed by atoms with Gasteiger partial charge in [0.15, 0.2) is 5.17 Å². The van der Waals surface area contributed by atoms with Crippen molar-refractivity contribution in [2.45, 2.75) is 0 Å². The van der Waals surface area contributed by atoms with Crippen LogP contribution in [0, 0.1) is 5.41 Å². The van der Waals surface area contributed by atoms with Crippen molar-refractivity contribution >= 4 is 39.9 Å². The van der Waals surface area contributed by atoms with Crippen molar-refractivity contribution < 1.29 is 0 Å². The number of guanidine groups is 1. The third-order valence-electron chi connectivity index (χ3n) is 0.440. The summed E-state index contributed by atoms with van der Waals surface area (Å²) in [7, 11) is 0. The Balaban J connectivity index is 0. The number of nitrogens with one attached hydrogen (secondary N) is 1. The Morgan fingerprint density at radius 1 is 1.56 bits per heavy atom. The van der Waals surface area contributed by atoms with Crippen molar-refractivity contribution in [3.8, 4) is 0 Å². The van der Waals surface area contributed by atoms with E-state index in [1.165, 1.54) is 11.8 Å². The Hall–Kier alpha value is -0.230. The largest absolute Gasteiger partial charge is 0.378 e. The minimum absolute atomic E-state index is 0. The molecule has 0 spiro atoms. The van der Waals surface area contributed by atoms with E-state index in [0.29, 0.717) is 5.17 Å². The van der Waals surface area contributed by atoms with Gasteiger partial charge in [0.25, 0.3) is 0 Å². The van der Waals surface area contributed by atoms with Gasteiger partial charge in [-0.05, 0) is 6.26 Å². The van der Waals surface area contributed by atoms with Gasteiger partial charge in [0.05, 0.1) is 0 Å². The molecule has 0 rings (SSSR count). The molecule has 0 saturated heterocycles. The molecular formula is C3H9BrN4S. The third kappa shape index (κ3) is 7.77. The highest BCUT2D eigenvalue weighted by Crippen LogP contribution is 1.88. The second kappa shape index (κ2) is 5.90. The summed E-state index contributed by atoms with van der Waals surface area (Å²) in [5, 5.41) is 6.94. The van der Waals surface area contributed by atoms with Gasteiger partial charge in [0.1, 0.15) is 0 Å². The van der Waals surface area contributed by atoms with Crippen LogP contribution in [0.25, 0.3) is 0 Å². The fourth-order valence-corrected chi connectivity index (χ4v) is 0.354. The Bertz CT molecular complexity index is 123. The van der Waals surface area contributed by atoms with Crippen LogP contribution in [0.5, 0.6) is 0 Å². The molecule has 0 atom stereocenters. The van der Waals surface area contributed by atoms with Gasteiger partial charge in [-0.1, -0.05) is 11.8 Å². The van der Waals surface area contributed by atoms with E-state index in [-0.39, 0.29) is 22.9 Å². The minimum atomic E-state index is -0.253. The average Bonchev–Trinajstić information content (AvgIpc) is 1.65. The topological polar surface area (TPSA) is 88.2 Å². The first-order chi connectivity index (χ1) is 3.66. The fourth-order valence-electron chi connectivity index (χ4n) is 0.164. The lowest BCUT2D eigenvalue weighted by Gasteiger charge is -1.89. The SMILES string of the molecule is Br.CSC(N)=NC(=N)N. The number of halogens is 1. The number of nitrogens with two attached hydrogens (primary N) is 2. The van der Waals surface area contributed by atoms with E-state index in [0.717, 1.165) is 0 Å². The van der Waals surface area contributed by atoms with Gasteiger partial charge in [-0.25, -0.2) is 0 Å². The first kappa shape index (κ1) is 11.6. The molecule has 0 unspecified atom stereocenters. The van der Waals surface area contributed by atoms with Gasteiger partial charge >= 0.3 is 0 Å². The summed E-state index contributed by atoms with van der Waals surface area (Å²) in [6.07, 6.45) is 1.77. The predicted octanol–water partition coefficient (Wildman–Crippen LogP) is 0.135. The molecule has 0 aromatic rings. The number of amidine groups is 1. The van der Waals surface area contributed by atoms with Crippen LogP contribution in [-0.4, -0.2) is 17.4 Å². The molecule has 0 bridgehead atoms. The van der Waals surface area contributed by atoms with Crippen molar-refractivity contribution in [2.24, 2.45) is 16.5 Å². The zero-order valence-electron chi connectivity index (χ0n) is 4.92. The maximum Gasteiger partial charge on any atom is 0.214 e. The molecule has 0 aliphatic carbocycles. The maximum atomic E-state index is 6.62. The van der Waals surface area contributed by atoms with E-state index < -0.39 is 0 Å². The summed E-state index contributed by atoms with van der Waals surface area (Å²) in [6.45, 7) is 0. The highest BCUT2D eigenvalue weighted by Gasteiger charge is 1.85. The molecule has 54 valence electrons. The van der Waals surface area contributed by atoms with Gasteiger partial charge in [0, 0.05) is 0 Å². The molecule has 0 aliphatic heterocycles. The van der Waals surface area contributed by atoms with Gasteiger partial charge in [-0.15, -0.1) is 17.0 Å². The predicted molar refractivity (Wildman–Crippen MR) is 47.4 cm³/mol. The van der Waals surface area contributed by atoms with Crippen molar-refractivity contribution in [3.05, 3.63) is 0 Å². The van der Waals surface area contributed by atoms with Crippen molar-refractivity contribution in [3.63, 3.8) is 0 Å². The average molecular weight is 213 g/mol. The summed E-state index contributed by atoms with van der Waals surface area (Å²) in [5.41, 5.74) is 10.0. The molecular weight excluding hydrogens is 204 g/mol. The molecule has 0 heterocycles. The summed E-state index contributed by atoms with van der Waals surface area (Å²) in [6, 6.07) is 0. The molecule has 0 aliphatic rings.